The third-order valence-electron chi connectivity index (χ3n) is 4.24. The minimum atomic E-state index is -0.848. The van der Waals surface area contributed by atoms with Crippen molar-refractivity contribution in [2.45, 2.75) is 49.9 Å². The Kier molecular flexibility index (Phi) is 2.13. The average molecular weight is 218 g/mol. The molecule has 1 aliphatic heterocycles. The second-order valence-electron chi connectivity index (χ2n) is 5.18. The van der Waals surface area contributed by atoms with Gasteiger partial charge in [-0.2, -0.15) is 0 Å². The van der Waals surface area contributed by atoms with E-state index in [1.54, 1.807) is 0 Å². The lowest BCUT2D eigenvalue weighted by atomic mass is 9.74. The van der Waals surface area contributed by atoms with Gasteiger partial charge in [-0.05, 0) is 25.3 Å². The predicted octanol–water partition coefficient (Wildman–Crippen LogP) is 2.61. The van der Waals surface area contributed by atoms with Crippen LogP contribution in [-0.2, 0) is 10.3 Å². The average Bonchev–Trinajstić information content (AvgIpc) is 3.06. The van der Waals surface area contributed by atoms with Crippen LogP contribution in [0.25, 0.3) is 0 Å². The molecule has 1 aliphatic carbocycles. The number of fused-ring (bicyclic) bond motifs is 1. The highest BCUT2D eigenvalue weighted by molar-refractivity contribution is 5.30. The minimum absolute atomic E-state index is 0.274. The van der Waals surface area contributed by atoms with Crippen molar-refractivity contribution in [3.8, 4) is 0 Å². The quantitative estimate of drug-likeness (QED) is 0.774. The maximum Gasteiger partial charge on any atom is 0.127 e. The lowest BCUT2D eigenvalue weighted by molar-refractivity contribution is -0.0333. The van der Waals surface area contributed by atoms with Gasteiger partial charge in [0, 0.05) is 0 Å². The maximum atomic E-state index is 10.8. The van der Waals surface area contributed by atoms with E-state index >= 15 is 0 Å². The monoisotopic (exact) mass is 218 g/mol. The fraction of sp³-hybridized carbons (Fsp3) is 0.571. The topological polar surface area (TPSA) is 32.8 Å². The van der Waals surface area contributed by atoms with Gasteiger partial charge in [-0.1, -0.05) is 43.2 Å². The van der Waals surface area contributed by atoms with Crippen molar-refractivity contribution < 1.29 is 9.84 Å². The van der Waals surface area contributed by atoms with Gasteiger partial charge >= 0.3 is 0 Å². The summed E-state index contributed by atoms with van der Waals surface area (Å²) in [7, 11) is 0. The van der Waals surface area contributed by atoms with Gasteiger partial charge in [0.1, 0.15) is 11.2 Å². The zero-order valence-corrected chi connectivity index (χ0v) is 9.65. The van der Waals surface area contributed by atoms with E-state index in [0.29, 0.717) is 0 Å². The van der Waals surface area contributed by atoms with Crippen LogP contribution in [0.1, 0.15) is 38.2 Å². The molecule has 1 heterocycles. The predicted molar refractivity (Wildman–Crippen MR) is 62.1 cm³/mol. The second kappa shape index (κ2) is 3.31. The smallest absolute Gasteiger partial charge is 0.127 e. The Morgan fingerprint density at radius 1 is 1.31 bits per heavy atom. The van der Waals surface area contributed by atoms with Crippen molar-refractivity contribution in [2.24, 2.45) is 0 Å². The molecule has 2 aliphatic rings. The molecular weight excluding hydrogens is 200 g/mol. The number of epoxide rings is 1. The van der Waals surface area contributed by atoms with Crippen LogP contribution in [0.2, 0.25) is 0 Å². The molecule has 1 N–H and O–H groups in total. The van der Waals surface area contributed by atoms with Crippen molar-refractivity contribution in [3.63, 3.8) is 0 Å². The molecule has 2 nitrogen and oxygen atoms in total. The first-order valence-electron chi connectivity index (χ1n) is 6.12. The summed E-state index contributed by atoms with van der Waals surface area (Å²) in [5, 5.41) is 10.8. The number of hydrogen-bond acceptors (Lipinski definition) is 2. The van der Waals surface area contributed by atoms with E-state index in [1.807, 2.05) is 37.3 Å². The van der Waals surface area contributed by atoms with Crippen molar-refractivity contribution in [3.05, 3.63) is 35.9 Å². The number of benzene rings is 1. The molecule has 0 amide bonds. The fourth-order valence-corrected chi connectivity index (χ4v) is 3.13. The van der Waals surface area contributed by atoms with Crippen LogP contribution in [0.15, 0.2) is 30.3 Å². The van der Waals surface area contributed by atoms with Gasteiger partial charge in [-0.15, -0.1) is 0 Å². The Labute approximate surface area is 96.2 Å². The molecule has 1 aromatic carbocycles. The summed E-state index contributed by atoms with van der Waals surface area (Å²) in [4.78, 5) is 0. The third-order valence-corrected chi connectivity index (χ3v) is 4.24. The van der Waals surface area contributed by atoms with Gasteiger partial charge in [-0.25, -0.2) is 0 Å². The summed E-state index contributed by atoms with van der Waals surface area (Å²) in [6, 6.07) is 9.90. The van der Waals surface area contributed by atoms with Crippen LogP contribution < -0.4 is 0 Å². The summed E-state index contributed by atoms with van der Waals surface area (Å²) < 4.78 is 5.83. The SMILES string of the molecule is CC(O)(c1ccccc1)[C@@]12CCCC[C@@H]1O2. The second-order valence-corrected chi connectivity index (χ2v) is 5.18. The van der Waals surface area contributed by atoms with Crippen LogP contribution in [0.4, 0.5) is 0 Å². The van der Waals surface area contributed by atoms with E-state index in [1.165, 1.54) is 12.8 Å². The first-order chi connectivity index (χ1) is 7.67. The van der Waals surface area contributed by atoms with Crippen molar-refractivity contribution in [2.75, 3.05) is 0 Å². The lowest BCUT2D eigenvalue weighted by Crippen LogP contribution is -2.43. The van der Waals surface area contributed by atoms with Gasteiger partial charge < -0.3 is 9.84 Å². The summed E-state index contributed by atoms with van der Waals surface area (Å²) in [5.41, 5.74) is -0.175. The van der Waals surface area contributed by atoms with E-state index in [-0.39, 0.29) is 11.7 Å². The molecule has 0 spiro atoms. The molecule has 1 saturated heterocycles. The van der Waals surface area contributed by atoms with E-state index < -0.39 is 5.60 Å². The molecule has 1 unspecified atom stereocenters. The highest BCUT2D eigenvalue weighted by Crippen LogP contribution is 2.57. The van der Waals surface area contributed by atoms with Crippen LogP contribution in [0, 0.1) is 0 Å². The molecular formula is C14H18O2. The first kappa shape index (κ1) is 10.3. The van der Waals surface area contributed by atoms with Gasteiger partial charge in [0.25, 0.3) is 0 Å². The van der Waals surface area contributed by atoms with E-state index in [0.717, 1.165) is 18.4 Å². The molecule has 3 atom stereocenters. The highest BCUT2D eigenvalue weighted by atomic mass is 16.6. The van der Waals surface area contributed by atoms with Gasteiger partial charge in [0.2, 0.25) is 0 Å². The summed E-state index contributed by atoms with van der Waals surface area (Å²) >= 11 is 0. The minimum Gasteiger partial charge on any atom is -0.382 e. The molecule has 2 fully saturated rings. The highest BCUT2D eigenvalue weighted by Gasteiger charge is 2.67. The normalized spacial score (nSPS) is 36.2. The zero-order chi connectivity index (χ0) is 11.2. The van der Waals surface area contributed by atoms with Crippen molar-refractivity contribution in [1.29, 1.82) is 0 Å². The molecule has 1 saturated carbocycles. The summed E-state index contributed by atoms with van der Waals surface area (Å²) in [6.07, 6.45) is 4.76. The van der Waals surface area contributed by atoms with Crippen LogP contribution >= 0.6 is 0 Å². The molecule has 0 radical (unpaired) electrons. The molecule has 86 valence electrons. The number of ether oxygens (including phenoxy) is 1. The Morgan fingerprint density at radius 3 is 2.75 bits per heavy atom. The Bertz CT molecular complexity index is 385. The molecule has 2 heteroatoms. The van der Waals surface area contributed by atoms with Crippen LogP contribution in [0.3, 0.4) is 0 Å². The van der Waals surface area contributed by atoms with Crippen LogP contribution in [-0.4, -0.2) is 16.8 Å². The molecule has 3 rings (SSSR count). The number of aliphatic hydroxyl groups is 1. The molecule has 0 aromatic heterocycles. The molecule has 0 bridgehead atoms. The standard InChI is InChI=1S/C14H18O2/c1-13(15,11-7-3-2-4-8-11)14-10-6-5-9-12(14)16-14/h2-4,7-8,12,15H,5-6,9-10H2,1H3/t12-,13?,14+/m0/s1. The largest absolute Gasteiger partial charge is 0.382 e. The number of hydrogen-bond donors (Lipinski definition) is 1. The van der Waals surface area contributed by atoms with E-state index in [9.17, 15) is 5.11 Å². The first-order valence-corrected chi connectivity index (χ1v) is 6.12. The Hall–Kier alpha value is -0.860. The van der Waals surface area contributed by atoms with Gasteiger partial charge in [0.15, 0.2) is 0 Å². The summed E-state index contributed by atoms with van der Waals surface area (Å²) in [6.45, 7) is 1.90. The van der Waals surface area contributed by atoms with E-state index in [4.69, 9.17) is 4.74 Å². The molecule has 1 aromatic rings. The van der Waals surface area contributed by atoms with Crippen molar-refractivity contribution >= 4 is 0 Å². The third kappa shape index (κ3) is 1.26. The Morgan fingerprint density at radius 2 is 2.06 bits per heavy atom. The Balaban J connectivity index is 1.94. The van der Waals surface area contributed by atoms with Crippen LogP contribution in [0.5, 0.6) is 0 Å². The number of rotatable bonds is 2. The lowest BCUT2D eigenvalue weighted by Gasteiger charge is -2.33. The van der Waals surface area contributed by atoms with Gasteiger partial charge in [-0.3, -0.25) is 0 Å². The summed E-state index contributed by atoms with van der Waals surface area (Å²) in [5.74, 6) is 0. The van der Waals surface area contributed by atoms with Gasteiger partial charge in [0.05, 0.1) is 6.10 Å². The fourth-order valence-electron chi connectivity index (χ4n) is 3.13. The maximum absolute atomic E-state index is 10.8. The molecule has 16 heavy (non-hydrogen) atoms. The zero-order valence-electron chi connectivity index (χ0n) is 9.65. The van der Waals surface area contributed by atoms with E-state index in [2.05, 4.69) is 0 Å². The van der Waals surface area contributed by atoms with Crippen molar-refractivity contribution in [1.82, 2.24) is 0 Å².